The minimum atomic E-state index is -0.366. The van der Waals surface area contributed by atoms with E-state index in [1.165, 1.54) is 0 Å². The molecule has 1 unspecified atom stereocenters. The smallest absolute Gasteiger partial charge is 0.236 e. The average Bonchev–Trinajstić information content (AvgIpc) is 2.77. The topological polar surface area (TPSA) is 72.9 Å². The molecule has 0 bridgehead atoms. The third-order valence-corrected chi connectivity index (χ3v) is 2.36. The highest BCUT2D eigenvalue weighted by molar-refractivity contribution is 5.81. The molecule has 0 aliphatic heterocycles. The second-order valence-electron chi connectivity index (χ2n) is 3.81. The molecule has 3 N–H and O–H groups in total. The normalized spacial score (nSPS) is 12.4. The van der Waals surface area contributed by atoms with Crippen molar-refractivity contribution in [2.24, 2.45) is 5.73 Å². The molecule has 0 saturated heterocycles. The first-order valence-electron chi connectivity index (χ1n) is 5.74. The monoisotopic (exact) mass is 224 g/mol. The van der Waals surface area contributed by atoms with Gasteiger partial charge in [-0.15, -0.1) is 0 Å². The van der Waals surface area contributed by atoms with Gasteiger partial charge in [-0.1, -0.05) is 13.3 Å². The standard InChI is InChI=1S/C11H20N4O/c1-2-5-10(12)11(16)13-6-3-8-15-9-4-7-14-15/h4,7,9-10H,2-3,5-6,8,12H2,1H3,(H,13,16). The Morgan fingerprint density at radius 2 is 2.44 bits per heavy atom. The highest BCUT2D eigenvalue weighted by Gasteiger charge is 2.10. The third kappa shape index (κ3) is 4.44. The number of nitrogens with two attached hydrogens (primary N) is 1. The highest BCUT2D eigenvalue weighted by atomic mass is 16.2. The van der Waals surface area contributed by atoms with E-state index in [9.17, 15) is 4.79 Å². The van der Waals surface area contributed by atoms with Crippen molar-refractivity contribution in [2.75, 3.05) is 6.54 Å². The molecule has 16 heavy (non-hydrogen) atoms. The zero-order chi connectivity index (χ0) is 11.8. The predicted octanol–water partition coefficient (Wildman–Crippen LogP) is 0.517. The van der Waals surface area contributed by atoms with Crippen molar-refractivity contribution in [1.82, 2.24) is 15.1 Å². The third-order valence-electron chi connectivity index (χ3n) is 2.36. The van der Waals surface area contributed by atoms with E-state index < -0.39 is 0 Å². The number of carbonyl (C=O) groups excluding carboxylic acids is 1. The summed E-state index contributed by atoms with van der Waals surface area (Å²) in [5.41, 5.74) is 5.67. The lowest BCUT2D eigenvalue weighted by atomic mass is 10.2. The number of aromatic nitrogens is 2. The van der Waals surface area contributed by atoms with Crippen LogP contribution in [-0.4, -0.2) is 28.3 Å². The van der Waals surface area contributed by atoms with Crippen molar-refractivity contribution in [3.63, 3.8) is 0 Å². The van der Waals surface area contributed by atoms with Gasteiger partial charge in [0.2, 0.25) is 5.91 Å². The first kappa shape index (κ1) is 12.7. The Kier molecular flexibility index (Phi) is 5.56. The summed E-state index contributed by atoms with van der Waals surface area (Å²) in [4.78, 5) is 11.4. The minimum Gasteiger partial charge on any atom is -0.355 e. The van der Waals surface area contributed by atoms with Crippen molar-refractivity contribution in [1.29, 1.82) is 0 Å². The lowest BCUT2D eigenvalue weighted by Gasteiger charge is -2.10. The van der Waals surface area contributed by atoms with Crippen molar-refractivity contribution in [3.05, 3.63) is 18.5 Å². The van der Waals surface area contributed by atoms with Gasteiger partial charge in [-0.2, -0.15) is 5.10 Å². The van der Waals surface area contributed by atoms with E-state index in [1.54, 1.807) is 6.20 Å². The van der Waals surface area contributed by atoms with Gasteiger partial charge in [-0.25, -0.2) is 0 Å². The maximum absolute atomic E-state index is 11.4. The molecule has 5 nitrogen and oxygen atoms in total. The fourth-order valence-electron chi connectivity index (χ4n) is 1.46. The first-order chi connectivity index (χ1) is 7.74. The number of hydrogen-bond acceptors (Lipinski definition) is 3. The molecular weight excluding hydrogens is 204 g/mol. The fraction of sp³-hybridized carbons (Fsp3) is 0.636. The molecule has 0 aliphatic rings. The largest absolute Gasteiger partial charge is 0.355 e. The van der Waals surface area contributed by atoms with Gasteiger partial charge in [0.1, 0.15) is 0 Å². The van der Waals surface area contributed by atoms with E-state index in [-0.39, 0.29) is 11.9 Å². The number of amides is 1. The van der Waals surface area contributed by atoms with Crippen LogP contribution in [0.15, 0.2) is 18.5 Å². The molecule has 1 aromatic rings. The molecule has 0 fully saturated rings. The summed E-state index contributed by atoms with van der Waals surface area (Å²) in [5.74, 6) is -0.0534. The van der Waals surface area contributed by atoms with Crippen molar-refractivity contribution in [2.45, 2.75) is 38.8 Å². The number of hydrogen-bond donors (Lipinski definition) is 2. The fourth-order valence-corrected chi connectivity index (χ4v) is 1.46. The summed E-state index contributed by atoms with van der Waals surface area (Å²) in [5, 5.41) is 6.90. The van der Waals surface area contributed by atoms with Gasteiger partial charge in [0.05, 0.1) is 6.04 Å². The summed E-state index contributed by atoms with van der Waals surface area (Å²) in [7, 11) is 0. The number of rotatable bonds is 7. The van der Waals surface area contributed by atoms with Crippen LogP contribution in [0.1, 0.15) is 26.2 Å². The Balaban J connectivity index is 2.08. The van der Waals surface area contributed by atoms with Gasteiger partial charge in [0.25, 0.3) is 0 Å². The molecule has 1 amide bonds. The molecule has 0 aliphatic carbocycles. The van der Waals surface area contributed by atoms with Crippen LogP contribution in [0.2, 0.25) is 0 Å². The van der Waals surface area contributed by atoms with Crippen LogP contribution < -0.4 is 11.1 Å². The van der Waals surface area contributed by atoms with Crippen molar-refractivity contribution in [3.8, 4) is 0 Å². The van der Waals surface area contributed by atoms with Crippen LogP contribution >= 0.6 is 0 Å². The number of carbonyl (C=O) groups is 1. The van der Waals surface area contributed by atoms with Gasteiger partial charge < -0.3 is 11.1 Å². The number of aryl methyl sites for hydroxylation is 1. The molecule has 1 aromatic heterocycles. The second kappa shape index (κ2) is 7.00. The van der Waals surface area contributed by atoms with Crippen LogP contribution in [0.3, 0.4) is 0 Å². The Bertz CT molecular complexity index is 297. The maximum atomic E-state index is 11.4. The Labute approximate surface area is 96.0 Å². The molecule has 0 radical (unpaired) electrons. The van der Waals surface area contributed by atoms with E-state index in [0.717, 1.165) is 25.8 Å². The summed E-state index contributed by atoms with van der Waals surface area (Å²) in [6.07, 6.45) is 6.19. The average molecular weight is 224 g/mol. The van der Waals surface area contributed by atoms with Gasteiger partial charge in [-0.05, 0) is 18.9 Å². The minimum absolute atomic E-state index is 0.0534. The summed E-state index contributed by atoms with van der Waals surface area (Å²) >= 11 is 0. The summed E-state index contributed by atoms with van der Waals surface area (Å²) in [6.45, 7) is 3.48. The molecule has 0 aromatic carbocycles. The van der Waals surface area contributed by atoms with Crippen LogP contribution in [0.5, 0.6) is 0 Å². The molecular formula is C11H20N4O. The lowest BCUT2D eigenvalue weighted by molar-refractivity contribution is -0.122. The first-order valence-corrected chi connectivity index (χ1v) is 5.74. The quantitative estimate of drug-likeness (QED) is 0.663. The van der Waals surface area contributed by atoms with Crippen molar-refractivity contribution >= 4 is 5.91 Å². The molecule has 0 spiro atoms. The molecule has 5 heteroatoms. The highest BCUT2D eigenvalue weighted by Crippen LogP contribution is 1.93. The van der Waals surface area contributed by atoms with E-state index in [0.29, 0.717) is 6.54 Å². The molecule has 1 rings (SSSR count). The summed E-state index contributed by atoms with van der Waals surface area (Å²) < 4.78 is 1.85. The van der Waals surface area contributed by atoms with E-state index >= 15 is 0 Å². The molecule has 1 atom stereocenters. The van der Waals surface area contributed by atoms with Gasteiger partial charge in [0, 0.05) is 25.5 Å². The van der Waals surface area contributed by atoms with Crippen LogP contribution in [0, 0.1) is 0 Å². The maximum Gasteiger partial charge on any atom is 0.236 e. The molecule has 0 saturated carbocycles. The van der Waals surface area contributed by atoms with E-state index in [1.807, 2.05) is 23.9 Å². The van der Waals surface area contributed by atoms with E-state index in [4.69, 9.17) is 5.73 Å². The lowest BCUT2D eigenvalue weighted by Crippen LogP contribution is -2.40. The number of nitrogens with one attached hydrogen (secondary N) is 1. The van der Waals surface area contributed by atoms with E-state index in [2.05, 4.69) is 10.4 Å². The molecule has 90 valence electrons. The zero-order valence-electron chi connectivity index (χ0n) is 9.72. The zero-order valence-corrected chi connectivity index (χ0v) is 9.72. The van der Waals surface area contributed by atoms with Crippen LogP contribution in [0.25, 0.3) is 0 Å². The van der Waals surface area contributed by atoms with Gasteiger partial charge in [0.15, 0.2) is 0 Å². The Morgan fingerprint density at radius 3 is 3.06 bits per heavy atom. The van der Waals surface area contributed by atoms with Crippen LogP contribution in [-0.2, 0) is 11.3 Å². The van der Waals surface area contributed by atoms with Crippen LogP contribution in [0.4, 0.5) is 0 Å². The predicted molar refractivity (Wildman–Crippen MR) is 62.7 cm³/mol. The molecule has 1 heterocycles. The Hall–Kier alpha value is -1.36. The second-order valence-corrected chi connectivity index (χ2v) is 3.81. The summed E-state index contributed by atoms with van der Waals surface area (Å²) in [6, 6.07) is 1.52. The number of nitrogens with zero attached hydrogens (tertiary/aromatic N) is 2. The van der Waals surface area contributed by atoms with Crippen molar-refractivity contribution < 1.29 is 4.79 Å². The van der Waals surface area contributed by atoms with Gasteiger partial charge >= 0.3 is 0 Å². The Morgan fingerprint density at radius 1 is 1.62 bits per heavy atom. The SMILES string of the molecule is CCCC(N)C(=O)NCCCn1cccn1. The van der Waals surface area contributed by atoms with Gasteiger partial charge in [-0.3, -0.25) is 9.48 Å².